The van der Waals surface area contributed by atoms with E-state index in [1.54, 1.807) is 12.1 Å². The molecule has 0 radical (unpaired) electrons. The number of hydrogen-bond acceptors (Lipinski definition) is 4. The zero-order valence-corrected chi connectivity index (χ0v) is 11.5. The Morgan fingerprint density at radius 3 is 2.84 bits per heavy atom. The summed E-state index contributed by atoms with van der Waals surface area (Å²) in [6.45, 7) is 3.70. The molecule has 0 spiro atoms. The first-order chi connectivity index (χ1) is 9.10. The van der Waals surface area contributed by atoms with E-state index in [4.69, 9.17) is 5.11 Å². The van der Waals surface area contributed by atoms with Gasteiger partial charge in [0.1, 0.15) is 5.82 Å². The van der Waals surface area contributed by atoms with Crippen LogP contribution < -0.4 is 5.32 Å². The van der Waals surface area contributed by atoms with Crippen LogP contribution in [0, 0.1) is 0 Å². The average molecular weight is 263 g/mol. The normalized spacial score (nSPS) is 14.7. The summed E-state index contributed by atoms with van der Waals surface area (Å²) in [5, 5.41) is 12.3. The van der Waals surface area contributed by atoms with E-state index in [-0.39, 0.29) is 0 Å². The summed E-state index contributed by atoms with van der Waals surface area (Å²) in [7, 11) is 2.12. The summed E-state index contributed by atoms with van der Waals surface area (Å²) < 4.78 is 0. The molecule has 1 heterocycles. The van der Waals surface area contributed by atoms with Crippen LogP contribution in [0.4, 0.5) is 5.82 Å². The Hall–Kier alpha value is -1.62. The molecule has 1 aliphatic carbocycles. The highest BCUT2D eigenvalue weighted by molar-refractivity contribution is 5.88. The quantitative estimate of drug-likeness (QED) is 0.786. The highest BCUT2D eigenvalue weighted by atomic mass is 16.4. The molecule has 5 heteroatoms. The van der Waals surface area contributed by atoms with Gasteiger partial charge in [-0.25, -0.2) is 9.78 Å². The van der Waals surface area contributed by atoms with Crippen LogP contribution in [0.5, 0.6) is 0 Å². The minimum Gasteiger partial charge on any atom is -0.478 e. The van der Waals surface area contributed by atoms with Gasteiger partial charge in [0.15, 0.2) is 0 Å². The predicted molar refractivity (Wildman–Crippen MR) is 74.7 cm³/mol. The molecule has 0 saturated heterocycles. The number of likely N-dealkylation sites (N-methyl/N-ethyl adjacent to an activating group) is 1. The monoisotopic (exact) mass is 263 g/mol. The lowest BCUT2D eigenvalue weighted by molar-refractivity contribution is 0.0696. The number of rotatable bonds is 7. The van der Waals surface area contributed by atoms with Crippen molar-refractivity contribution >= 4 is 11.8 Å². The molecule has 1 fully saturated rings. The van der Waals surface area contributed by atoms with Crippen LogP contribution in [0.1, 0.15) is 35.8 Å². The van der Waals surface area contributed by atoms with Gasteiger partial charge in [-0.3, -0.25) is 0 Å². The van der Waals surface area contributed by atoms with Crippen LogP contribution in [0.15, 0.2) is 12.1 Å². The lowest BCUT2D eigenvalue weighted by Gasteiger charge is -2.16. The smallest absolute Gasteiger partial charge is 0.335 e. The third kappa shape index (κ3) is 3.92. The number of carboxylic acids is 1. The van der Waals surface area contributed by atoms with Gasteiger partial charge in [-0.1, -0.05) is 6.92 Å². The molecule has 2 rings (SSSR count). The van der Waals surface area contributed by atoms with Crippen molar-refractivity contribution in [1.82, 2.24) is 9.88 Å². The predicted octanol–water partition coefficient (Wildman–Crippen LogP) is 1.85. The standard InChI is InChI=1S/C14H21N3O2/c1-3-11-8-10(14(18)19)9-13(16-11)15-6-7-17(2)12-4-5-12/h8-9,12H,3-7H2,1-2H3,(H,15,16)(H,18,19). The van der Waals surface area contributed by atoms with Crippen molar-refractivity contribution in [1.29, 1.82) is 0 Å². The van der Waals surface area contributed by atoms with E-state index in [9.17, 15) is 4.79 Å². The molecular formula is C14H21N3O2. The minimum absolute atomic E-state index is 0.296. The second kappa shape index (κ2) is 6.02. The number of aromatic nitrogens is 1. The van der Waals surface area contributed by atoms with Gasteiger partial charge < -0.3 is 15.3 Å². The lowest BCUT2D eigenvalue weighted by Crippen LogP contribution is -2.27. The molecule has 0 aliphatic heterocycles. The third-order valence-corrected chi connectivity index (χ3v) is 3.43. The molecule has 104 valence electrons. The number of nitrogens with one attached hydrogen (secondary N) is 1. The summed E-state index contributed by atoms with van der Waals surface area (Å²) in [5.74, 6) is -0.254. The van der Waals surface area contributed by atoms with E-state index in [0.717, 1.165) is 31.2 Å². The number of pyridine rings is 1. The number of aryl methyl sites for hydroxylation is 1. The lowest BCUT2D eigenvalue weighted by atomic mass is 10.2. The molecule has 1 aliphatic rings. The summed E-state index contributed by atoms with van der Waals surface area (Å²) >= 11 is 0. The van der Waals surface area contributed by atoms with Crippen LogP contribution in [-0.4, -0.2) is 47.1 Å². The second-order valence-electron chi connectivity index (χ2n) is 5.03. The molecule has 0 aromatic carbocycles. The van der Waals surface area contributed by atoms with Crippen molar-refractivity contribution in [2.24, 2.45) is 0 Å². The van der Waals surface area contributed by atoms with Crippen LogP contribution >= 0.6 is 0 Å². The molecule has 5 nitrogen and oxygen atoms in total. The molecule has 1 aromatic heterocycles. The average Bonchev–Trinajstić information content (AvgIpc) is 3.22. The zero-order valence-electron chi connectivity index (χ0n) is 11.5. The largest absolute Gasteiger partial charge is 0.478 e. The van der Waals surface area contributed by atoms with Crippen molar-refractivity contribution in [2.45, 2.75) is 32.2 Å². The first-order valence-electron chi connectivity index (χ1n) is 6.78. The van der Waals surface area contributed by atoms with Crippen LogP contribution in [0.25, 0.3) is 0 Å². The number of anilines is 1. The number of carboxylic acid groups (broad SMARTS) is 1. The van der Waals surface area contributed by atoms with E-state index in [2.05, 4.69) is 22.2 Å². The summed E-state index contributed by atoms with van der Waals surface area (Å²) in [4.78, 5) is 17.8. The van der Waals surface area contributed by atoms with Gasteiger partial charge in [0.2, 0.25) is 0 Å². The van der Waals surface area contributed by atoms with E-state index in [1.165, 1.54) is 12.8 Å². The van der Waals surface area contributed by atoms with E-state index >= 15 is 0 Å². The highest BCUT2D eigenvalue weighted by Gasteiger charge is 2.25. The Morgan fingerprint density at radius 2 is 2.26 bits per heavy atom. The topological polar surface area (TPSA) is 65.5 Å². The number of carbonyl (C=O) groups is 1. The van der Waals surface area contributed by atoms with Crippen molar-refractivity contribution in [2.75, 3.05) is 25.5 Å². The van der Waals surface area contributed by atoms with Crippen LogP contribution in [0.3, 0.4) is 0 Å². The van der Waals surface area contributed by atoms with Gasteiger partial charge in [0.25, 0.3) is 0 Å². The maximum atomic E-state index is 11.0. The van der Waals surface area contributed by atoms with Gasteiger partial charge >= 0.3 is 5.97 Å². The third-order valence-electron chi connectivity index (χ3n) is 3.43. The maximum absolute atomic E-state index is 11.0. The van der Waals surface area contributed by atoms with Gasteiger partial charge in [-0.05, 0) is 38.4 Å². The minimum atomic E-state index is -0.907. The molecule has 0 unspecified atom stereocenters. The van der Waals surface area contributed by atoms with Gasteiger partial charge in [-0.15, -0.1) is 0 Å². The first-order valence-corrected chi connectivity index (χ1v) is 6.78. The van der Waals surface area contributed by atoms with Crippen molar-refractivity contribution in [3.63, 3.8) is 0 Å². The Bertz CT molecular complexity index is 458. The summed E-state index contributed by atoms with van der Waals surface area (Å²) in [6.07, 6.45) is 3.32. The molecule has 1 aromatic rings. The Labute approximate surface area is 113 Å². The fraction of sp³-hybridized carbons (Fsp3) is 0.571. The van der Waals surface area contributed by atoms with Crippen molar-refractivity contribution in [3.8, 4) is 0 Å². The fourth-order valence-corrected chi connectivity index (χ4v) is 2.04. The molecule has 0 amide bonds. The van der Waals surface area contributed by atoms with Gasteiger partial charge in [0.05, 0.1) is 5.56 Å². The molecule has 0 atom stereocenters. The summed E-state index contributed by atoms with van der Waals surface area (Å²) in [6, 6.07) is 3.97. The molecular weight excluding hydrogens is 242 g/mol. The van der Waals surface area contributed by atoms with Crippen molar-refractivity contribution < 1.29 is 9.90 Å². The second-order valence-corrected chi connectivity index (χ2v) is 5.03. The molecule has 1 saturated carbocycles. The molecule has 19 heavy (non-hydrogen) atoms. The van der Waals surface area contributed by atoms with Crippen molar-refractivity contribution in [3.05, 3.63) is 23.4 Å². The maximum Gasteiger partial charge on any atom is 0.335 e. The number of nitrogens with zero attached hydrogens (tertiary/aromatic N) is 2. The Kier molecular flexibility index (Phi) is 4.37. The Morgan fingerprint density at radius 1 is 1.53 bits per heavy atom. The highest BCUT2D eigenvalue weighted by Crippen LogP contribution is 2.24. The molecule has 0 bridgehead atoms. The first kappa shape index (κ1) is 13.8. The summed E-state index contributed by atoms with van der Waals surface area (Å²) in [5.41, 5.74) is 1.10. The van der Waals surface area contributed by atoms with Crippen LogP contribution in [-0.2, 0) is 6.42 Å². The molecule has 2 N–H and O–H groups in total. The fourth-order valence-electron chi connectivity index (χ4n) is 2.04. The zero-order chi connectivity index (χ0) is 13.8. The van der Waals surface area contributed by atoms with E-state index < -0.39 is 5.97 Å². The van der Waals surface area contributed by atoms with Gasteiger partial charge in [-0.2, -0.15) is 0 Å². The van der Waals surface area contributed by atoms with E-state index in [1.807, 2.05) is 6.92 Å². The number of aromatic carboxylic acids is 1. The number of hydrogen-bond donors (Lipinski definition) is 2. The van der Waals surface area contributed by atoms with E-state index in [0.29, 0.717) is 11.4 Å². The van der Waals surface area contributed by atoms with Gasteiger partial charge in [0, 0.05) is 24.8 Å². The SMILES string of the molecule is CCc1cc(C(=O)O)cc(NCCN(C)C2CC2)n1. The Balaban J connectivity index is 1.94. The van der Waals surface area contributed by atoms with Crippen LogP contribution in [0.2, 0.25) is 0 Å².